The third kappa shape index (κ3) is 4.33. The Morgan fingerprint density at radius 1 is 1.24 bits per heavy atom. The molecule has 0 bridgehead atoms. The van der Waals surface area contributed by atoms with Crippen LogP contribution in [-0.4, -0.2) is 43.0 Å². The number of carbonyl (C=O) groups excluding carboxylic acids is 1. The van der Waals surface area contributed by atoms with E-state index >= 15 is 0 Å². The van der Waals surface area contributed by atoms with Crippen LogP contribution in [0.1, 0.15) is 58.3 Å². The van der Waals surface area contributed by atoms with Gasteiger partial charge < -0.3 is 20.5 Å². The molecule has 2 saturated carbocycles. The van der Waals surface area contributed by atoms with E-state index in [1.165, 1.54) is 6.42 Å². The molecule has 2 amide bonds. The monoisotopic (exact) mass is 298 g/mol. The largest absolute Gasteiger partial charge is 0.392 e. The van der Waals surface area contributed by atoms with Crippen LogP contribution in [-0.2, 0) is 4.74 Å². The number of nitrogens with one attached hydrogen (secondary N) is 2. The molecule has 5 heteroatoms. The van der Waals surface area contributed by atoms with Gasteiger partial charge in [-0.1, -0.05) is 32.6 Å². The maximum absolute atomic E-state index is 12.1. The van der Waals surface area contributed by atoms with Crippen LogP contribution in [0.3, 0.4) is 0 Å². The van der Waals surface area contributed by atoms with E-state index in [9.17, 15) is 9.90 Å². The Balaban J connectivity index is 1.78. The Hall–Kier alpha value is -0.810. The van der Waals surface area contributed by atoms with E-state index < -0.39 is 0 Å². The molecule has 3 N–H and O–H groups in total. The summed E-state index contributed by atoms with van der Waals surface area (Å²) in [6.45, 7) is 2.60. The van der Waals surface area contributed by atoms with Crippen LogP contribution >= 0.6 is 0 Å². The van der Waals surface area contributed by atoms with Crippen molar-refractivity contribution in [1.82, 2.24) is 10.6 Å². The highest BCUT2D eigenvalue weighted by Crippen LogP contribution is 2.35. The summed E-state index contributed by atoms with van der Waals surface area (Å²) >= 11 is 0. The lowest BCUT2D eigenvalue weighted by atomic mass is 9.73. The van der Waals surface area contributed by atoms with Gasteiger partial charge in [0.2, 0.25) is 0 Å². The summed E-state index contributed by atoms with van der Waals surface area (Å²) < 4.78 is 5.45. The molecule has 0 heterocycles. The van der Waals surface area contributed by atoms with Crippen molar-refractivity contribution < 1.29 is 14.6 Å². The Kier molecular flexibility index (Phi) is 5.88. The van der Waals surface area contributed by atoms with E-state index in [1.807, 2.05) is 0 Å². The summed E-state index contributed by atoms with van der Waals surface area (Å²) in [4.78, 5) is 12.1. The molecule has 0 radical (unpaired) electrons. The van der Waals surface area contributed by atoms with E-state index in [4.69, 9.17) is 4.74 Å². The van der Waals surface area contributed by atoms with Gasteiger partial charge in [0.1, 0.15) is 0 Å². The molecule has 122 valence electrons. The standard InChI is InChI=1S/C16H30N2O3/c1-16(10-6-5-9-14(16)19)11-17-15(20)18-12-7-3-4-8-13(12)21-2/h12-14,19H,3-11H2,1-2H3,(H2,17,18,20). The van der Waals surface area contributed by atoms with Crippen molar-refractivity contribution in [1.29, 1.82) is 0 Å². The zero-order chi connectivity index (χ0) is 15.3. The minimum atomic E-state index is -0.312. The predicted molar refractivity (Wildman–Crippen MR) is 82.2 cm³/mol. The van der Waals surface area contributed by atoms with E-state index in [2.05, 4.69) is 17.6 Å². The van der Waals surface area contributed by atoms with E-state index in [1.54, 1.807) is 7.11 Å². The highest BCUT2D eigenvalue weighted by Gasteiger charge is 2.36. The van der Waals surface area contributed by atoms with Gasteiger partial charge in [0.15, 0.2) is 0 Å². The molecule has 5 nitrogen and oxygen atoms in total. The van der Waals surface area contributed by atoms with Gasteiger partial charge in [-0.15, -0.1) is 0 Å². The summed E-state index contributed by atoms with van der Waals surface area (Å²) in [5.41, 5.74) is -0.192. The van der Waals surface area contributed by atoms with E-state index in [0.29, 0.717) is 6.54 Å². The zero-order valence-corrected chi connectivity index (χ0v) is 13.4. The van der Waals surface area contributed by atoms with Gasteiger partial charge in [-0.3, -0.25) is 0 Å². The van der Waals surface area contributed by atoms with Gasteiger partial charge in [0.25, 0.3) is 0 Å². The molecule has 2 rings (SSSR count). The summed E-state index contributed by atoms with van der Waals surface area (Å²) in [6.07, 6.45) is 8.14. The quantitative estimate of drug-likeness (QED) is 0.745. The second-order valence-corrected chi connectivity index (χ2v) is 6.91. The molecule has 0 spiro atoms. The molecule has 21 heavy (non-hydrogen) atoms. The van der Waals surface area contributed by atoms with Crippen molar-refractivity contribution in [3.63, 3.8) is 0 Å². The molecular weight excluding hydrogens is 268 g/mol. The lowest BCUT2D eigenvalue weighted by Crippen LogP contribution is -2.52. The van der Waals surface area contributed by atoms with Crippen molar-refractivity contribution in [2.24, 2.45) is 5.41 Å². The second-order valence-electron chi connectivity index (χ2n) is 6.91. The summed E-state index contributed by atoms with van der Waals surface area (Å²) in [5, 5.41) is 16.1. The van der Waals surface area contributed by atoms with Crippen molar-refractivity contribution in [3.05, 3.63) is 0 Å². The topological polar surface area (TPSA) is 70.6 Å². The molecular formula is C16H30N2O3. The van der Waals surface area contributed by atoms with Crippen molar-refractivity contribution in [2.75, 3.05) is 13.7 Å². The van der Waals surface area contributed by atoms with Gasteiger partial charge in [0.05, 0.1) is 18.2 Å². The number of methoxy groups -OCH3 is 1. The fourth-order valence-electron chi connectivity index (χ4n) is 3.63. The molecule has 0 aromatic rings. The average Bonchev–Trinajstić information content (AvgIpc) is 2.49. The Morgan fingerprint density at radius 2 is 1.95 bits per heavy atom. The number of hydrogen-bond donors (Lipinski definition) is 3. The third-order valence-electron chi connectivity index (χ3n) is 5.25. The van der Waals surface area contributed by atoms with Gasteiger partial charge >= 0.3 is 6.03 Å². The normalized spacial score (nSPS) is 37.0. The van der Waals surface area contributed by atoms with Gasteiger partial charge in [-0.2, -0.15) is 0 Å². The molecule has 0 saturated heterocycles. The molecule has 0 aromatic heterocycles. The third-order valence-corrected chi connectivity index (χ3v) is 5.25. The lowest BCUT2D eigenvalue weighted by Gasteiger charge is -2.39. The molecule has 0 aliphatic heterocycles. The number of carbonyl (C=O) groups is 1. The first-order chi connectivity index (χ1) is 10.0. The lowest BCUT2D eigenvalue weighted by molar-refractivity contribution is 0.00262. The maximum atomic E-state index is 12.1. The minimum absolute atomic E-state index is 0.104. The van der Waals surface area contributed by atoms with Crippen LogP contribution in [0.2, 0.25) is 0 Å². The number of amides is 2. The SMILES string of the molecule is COC1CCCCC1NC(=O)NCC1(C)CCCCC1O. The first-order valence-electron chi connectivity index (χ1n) is 8.30. The Morgan fingerprint density at radius 3 is 2.67 bits per heavy atom. The minimum Gasteiger partial charge on any atom is -0.392 e. The fourth-order valence-corrected chi connectivity index (χ4v) is 3.63. The maximum Gasteiger partial charge on any atom is 0.315 e. The van der Waals surface area contributed by atoms with Crippen LogP contribution < -0.4 is 10.6 Å². The first-order valence-corrected chi connectivity index (χ1v) is 8.30. The highest BCUT2D eigenvalue weighted by molar-refractivity contribution is 5.74. The van der Waals surface area contributed by atoms with Gasteiger partial charge in [-0.25, -0.2) is 4.79 Å². The number of urea groups is 1. The fraction of sp³-hybridized carbons (Fsp3) is 0.938. The van der Waals surface area contributed by atoms with Crippen molar-refractivity contribution in [3.8, 4) is 0 Å². The summed E-state index contributed by atoms with van der Waals surface area (Å²) in [6, 6.07) is -0.0317. The van der Waals surface area contributed by atoms with Crippen LogP contribution in [0.4, 0.5) is 4.79 Å². The number of aliphatic hydroxyl groups excluding tert-OH is 1. The highest BCUT2D eigenvalue weighted by atomic mass is 16.5. The van der Waals surface area contributed by atoms with Crippen molar-refractivity contribution >= 4 is 6.03 Å². The van der Waals surface area contributed by atoms with Crippen LogP contribution in [0.15, 0.2) is 0 Å². The summed E-state index contributed by atoms with van der Waals surface area (Å²) in [7, 11) is 1.71. The molecule has 4 unspecified atom stereocenters. The molecule has 2 aliphatic rings. The molecule has 0 aromatic carbocycles. The average molecular weight is 298 g/mol. The number of rotatable bonds is 4. The van der Waals surface area contributed by atoms with Gasteiger partial charge in [-0.05, 0) is 25.7 Å². The molecule has 2 aliphatic carbocycles. The van der Waals surface area contributed by atoms with E-state index in [0.717, 1.165) is 44.9 Å². The number of ether oxygens (including phenoxy) is 1. The van der Waals surface area contributed by atoms with Crippen LogP contribution in [0, 0.1) is 5.41 Å². The predicted octanol–water partition coefficient (Wildman–Crippen LogP) is 2.18. The Labute approximate surface area is 127 Å². The molecule has 2 fully saturated rings. The van der Waals surface area contributed by atoms with Gasteiger partial charge in [0, 0.05) is 19.1 Å². The second kappa shape index (κ2) is 7.45. The molecule has 4 atom stereocenters. The Bertz CT molecular complexity index is 350. The van der Waals surface area contributed by atoms with Crippen molar-refractivity contribution in [2.45, 2.75) is 76.5 Å². The van der Waals surface area contributed by atoms with Crippen LogP contribution in [0.25, 0.3) is 0 Å². The smallest absolute Gasteiger partial charge is 0.315 e. The zero-order valence-electron chi connectivity index (χ0n) is 13.4. The first kappa shape index (κ1) is 16.6. The van der Waals surface area contributed by atoms with Crippen LogP contribution in [0.5, 0.6) is 0 Å². The number of aliphatic hydroxyl groups is 1. The summed E-state index contributed by atoms with van der Waals surface area (Å²) in [5.74, 6) is 0. The van der Waals surface area contributed by atoms with E-state index in [-0.39, 0.29) is 29.7 Å². The number of hydrogen-bond acceptors (Lipinski definition) is 3.